The van der Waals surface area contributed by atoms with Crippen molar-refractivity contribution in [3.05, 3.63) is 29.6 Å². The SMILES string of the molecule is C[Si]1(c2ccc(F)c(F)c2F)CCCCO1. The third kappa shape index (κ3) is 1.89. The van der Waals surface area contributed by atoms with Gasteiger partial charge in [-0.1, -0.05) is 12.5 Å². The molecule has 1 nitrogen and oxygen atoms in total. The van der Waals surface area contributed by atoms with Crippen molar-refractivity contribution in [1.82, 2.24) is 0 Å². The van der Waals surface area contributed by atoms with E-state index in [1.807, 2.05) is 6.55 Å². The lowest BCUT2D eigenvalue weighted by atomic mass is 10.3. The van der Waals surface area contributed by atoms with Gasteiger partial charge >= 0.3 is 0 Å². The maximum absolute atomic E-state index is 13.6. The Kier molecular flexibility index (Phi) is 3.07. The van der Waals surface area contributed by atoms with E-state index in [9.17, 15) is 13.2 Å². The molecule has 0 aliphatic carbocycles. The van der Waals surface area contributed by atoms with Crippen LogP contribution in [0.4, 0.5) is 13.2 Å². The van der Waals surface area contributed by atoms with Gasteiger partial charge in [0, 0.05) is 11.8 Å². The number of benzene rings is 1. The summed E-state index contributed by atoms with van der Waals surface area (Å²) < 4.78 is 45.2. The Morgan fingerprint density at radius 1 is 1.12 bits per heavy atom. The molecule has 2 rings (SSSR count). The van der Waals surface area contributed by atoms with E-state index >= 15 is 0 Å². The lowest BCUT2D eigenvalue weighted by Crippen LogP contribution is -2.51. The minimum absolute atomic E-state index is 0.242. The highest BCUT2D eigenvalue weighted by molar-refractivity contribution is 6.85. The van der Waals surface area contributed by atoms with Crippen LogP contribution in [0.2, 0.25) is 12.6 Å². The van der Waals surface area contributed by atoms with Crippen LogP contribution >= 0.6 is 0 Å². The summed E-state index contributed by atoms with van der Waals surface area (Å²) in [6.07, 6.45) is 1.91. The zero-order valence-electron chi connectivity index (χ0n) is 9.03. The van der Waals surface area contributed by atoms with Gasteiger partial charge in [-0.2, -0.15) is 0 Å². The Morgan fingerprint density at radius 3 is 2.50 bits per heavy atom. The first kappa shape index (κ1) is 11.7. The Balaban J connectivity index is 2.43. The Bertz CT molecular complexity index is 402. The van der Waals surface area contributed by atoms with Crippen LogP contribution in [-0.2, 0) is 4.43 Å². The smallest absolute Gasteiger partial charge is 0.224 e. The van der Waals surface area contributed by atoms with Crippen LogP contribution in [0.5, 0.6) is 0 Å². The minimum atomic E-state index is -2.39. The molecule has 1 atom stereocenters. The molecule has 1 saturated heterocycles. The molecule has 0 bridgehead atoms. The molecule has 1 aromatic carbocycles. The number of halogens is 3. The summed E-state index contributed by atoms with van der Waals surface area (Å²) in [4.78, 5) is 0. The van der Waals surface area contributed by atoms with E-state index in [0.29, 0.717) is 6.61 Å². The minimum Gasteiger partial charge on any atom is -0.413 e. The lowest BCUT2D eigenvalue weighted by Gasteiger charge is -2.32. The fourth-order valence-corrected chi connectivity index (χ4v) is 5.18. The Labute approximate surface area is 93.4 Å². The van der Waals surface area contributed by atoms with Gasteiger partial charge in [0.05, 0.1) is 0 Å². The van der Waals surface area contributed by atoms with Crippen LogP contribution in [0.1, 0.15) is 12.8 Å². The van der Waals surface area contributed by atoms with Crippen molar-refractivity contribution in [3.8, 4) is 0 Å². The second kappa shape index (κ2) is 4.22. The fraction of sp³-hybridized carbons (Fsp3) is 0.455. The van der Waals surface area contributed by atoms with Crippen LogP contribution in [-0.4, -0.2) is 14.9 Å². The molecule has 5 heteroatoms. The van der Waals surface area contributed by atoms with Gasteiger partial charge in [0.1, 0.15) is 0 Å². The number of rotatable bonds is 1. The predicted octanol–water partition coefficient (Wildman–Crippen LogP) is 2.70. The summed E-state index contributed by atoms with van der Waals surface area (Å²) >= 11 is 0. The maximum Gasteiger partial charge on any atom is 0.224 e. The zero-order valence-corrected chi connectivity index (χ0v) is 10.0. The molecule has 0 amide bonds. The van der Waals surface area contributed by atoms with Gasteiger partial charge in [0.25, 0.3) is 0 Å². The normalized spacial score (nSPS) is 25.8. The summed E-state index contributed by atoms with van der Waals surface area (Å²) in [5, 5.41) is 0.242. The first-order valence-electron chi connectivity index (χ1n) is 5.32. The second-order valence-electron chi connectivity index (χ2n) is 4.26. The molecule has 0 radical (unpaired) electrons. The van der Waals surface area contributed by atoms with Crippen LogP contribution in [0.15, 0.2) is 12.1 Å². The van der Waals surface area contributed by atoms with Gasteiger partial charge < -0.3 is 4.43 Å². The van der Waals surface area contributed by atoms with Gasteiger partial charge in [0.15, 0.2) is 17.5 Å². The van der Waals surface area contributed by atoms with Crippen molar-refractivity contribution in [2.45, 2.75) is 25.4 Å². The van der Waals surface area contributed by atoms with E-state index in [-0.39, 0.29) is 5.19 Å². The van der Waals surface area contributed by atoms with Gasteiger partial charge in [0.2, 0.25) is 8.32 Å². The van der Waals surface area contributed by atoms with E-state index in [2.05, 4.69) is 0 Å². The molecule has 0 saturated carbocycles. The topological polar surface area (TPSA) is 9.23 Å². The molecule has 1 aliphatic rings. The van der Waals surface area contributed by atoms with Gasteiger partial charge in [-0.15, -0.1) is 0 Å². The predicted molar refractivity (Wildman–Crippen MR) is 57.6 cm³/mol. The Morgan fingerprint density at radius 2 is 1.88 bits per heavy atom. The van der Waals surface area contributed by atoms with Crippen LogP contribution < -0.4 is 5.19 Å². The molecule has 88 valence electrons. The average molecular weight is 246 g/mol. The van der Waals surface area contributed by atoms with Crippen molar-refractivity contribution in [2.75, 3.05) is 6.61 Å². The van der Waals surface area contributed by atoms with E-state index in [1.54, 1.807) is 0 Å². The van der Waals surface area contributed by atoms with E-state index < -0.39 is 25.8 Å². The van der Waals surface area contributed by atoms with Crippen molar-refractivity contribution < 1.29 is 17.6 Å². The fourth-order valence-electron chi connectivity index (χ4n) is 2.08. The standard InChI is InChI=1S/C11H13F3OSi/c1-16(7-3-2-6-15-16)9-5-4-8(12)10(13)11(9)14/h4-5H,2-3,6-7H2,1H3. The molecule has 0 N–H and O–H groups in total. The van der Waals surface area contributed by atoms with Gasteiger partial charge in [-0.05, 0) is 25.1 Å². The van der Waals surface area contributed by atoms with Gasteiger partial charge in [-0.25, -0.2) is 13.2 Å². The average Bonchev–Trinajstić information content (AvgIpc) is 2.27. The van der Waals surface area contributed by atoms with Crippen LogP contribution in [0.3, 0.4) is 0 Å². The zero-order chi connectivity index (χ0) is 11.8. The lowest BCUT2D eigenvalue weighted by molar-refractivity contribution is 0.278. The Hall–Kier alpha value is -0.813. The highest BCUT2D eigenvalue weighted by atomic mass is 28.4. The van der Waals surface area contributed by atoms with Crippen molar-refractivity contribution >= 4 is 13.5 Å². The summed E-state index contributed by atoms with van der Waals surface area (Å²) in [5.74, 6) is -3.61. The molecule has 0 aromatic heterocycles. The third-order valence-electron chi connectivity index (χ3n) is 3.07. The molecular formula is C11H13F3OSi. The first-order valence-corrected chi connectivity index (χ1v) is 7.94. The molecule has 1 aliphatic heterocycles. The largest absolute Gasteiger partial charge is 0.413 e. The monoisotopic (exact) mass is 246 g/mol. The highest BCUT2D eigenvalue weighted by Gasteiger charge is 2.37. The van der Waals surface area contributed by atoms with Crippen LogP contribution in [0.25, 0.3) is 0 Å². The molecule has 1 heterocycles. The van der Waals surface area contributed by atoms with Crippen LogP contribution in [0, 0.1) is 17.5 Å². The summed E-state index contributed by atoms with van der Waals surface area (Å²) in [5.41, 5.74) is 0. The van der Waals surface area contributed by atoms with Crippen molar-refractivity contribution in [3.63, 3.8) is 0 Å². The summed E-state index contributed by atoms with van der Waals surface area (Å²) in [7, 11) is -2.39. The summed E-state index contributed by atoms with van der Waals surface area (Å²) in [6, 6.07) is 3.06. The molecule has 16 heavy (non-hydrogen) atoms. The third-order valence-corrected chi connectivity index (χ3v) is 6.75. The van der Waals surface area contributed by atoms with E-state index in [1.165, 1.54) is 6.07 Å². The number of hydrogen-bond donors (Lipinski definition) is 0. The maximum atomic E-state index is 13.6. The molecule has 1 aromatic rings. The van der Waals surface area contributed by atoms with Gasteiger partial charge in [-0.3, -0.25) is 0 Å². The van der Waals surface area contributed by atoms with Crippen molar-refractivity contribution in [1.29, 1.82) is 0 Å². The molecule has 1 fully saturated rings. The molecule has 1 unspecified atom stereocenters. The number of hydrogen-bond acceptors (Lipinski definition) is 1. The molecular weight excluding hydrogens is 233 g/mol. The van der Waals surface area contributed by atoms with E-state index in [0.717, 1.165) is 25.0 Å². The highest BCUT2D eigenvalue weighted by Crippen LogP contribution is 2.23. The second-order valence-corrected chi connectivity index (χ2v) is 8.05. The quantitative estimate of drug-likeness (QED) is 0.547. The van der Waals surface area contributed by atoms with E-state index in [4.69, 9.17) is 4.43 Å². The summed E-state index contributed by atoms with van der Waals surface area (Å²) in [6.45, 7) is 2.43. The molecule has 0 spiro atoms. The van der Waals surface area contributed by atoms with Crippen molar-refractivity contribution in [2.24, 2.45) is 0 Å². The first-order chi connectivity index (χ1) is 7.54.